The van der Waals surface area contributed by atoms with Gasteiger partial charge in [-0.2, -0.15) is 0 Å². The van der Waals surface area contributed by atoms with Crippen molar-refractivity contribution in [2.24, 2.45) is 0 Å². The molecule has 0 radical (unpaired) electrons. The molecule has 2 heterocycles. The first-order valence-electron chi connectivity index (χ1n) is 7.40. The minimum atomic E-state index is -0.293. The smallest absolute Gasteiger partial charge is 0.364 e. The van der Waals surface area contributed by atoms with Crippen molar-refractivity contribution in [1.82, 2.24) is 4.81 Å². The van der Waals surface area contributed by atoms with Crippen molar-refractivity contribution >= 4 is 7.62 Å². The Kier molecular flexibility index (Phi) is 2.90. The van der Waals surface area contributed by atoms with Crippen LogP contribution in [-0.2, 0) is 10.3 Å². The summed E-state index contributed by atoms with van der Waals surface area (Å²) in [6.45, 7) is 1.16. The average molecular weight is 263 g/mol. The second-order valence-corrected chi connectivity index (χ2v) is 5.71. The van der Waals surface area contributed by atoms with E-state index in [1.807, 2.05) is 0 Å². The van der Waals surface area contributed by atoms with Gasteiger partial charge in [-0.3, -0.25) is 0 Å². The molecule has 20 heavy (non-hydrogen) atoms. The van der Waals surface area contributed by atoms with Gasteiger partial charge in [0.15, 0.2) is 0 Å². The summed E-state index contributed by atoms with van der Waals surface area (Å²) in [6.07, 6.45) is 2.49. The fourth-order valence-electron chi connectivity index (χ4n) is 3.81. The molecule has 0 saturated carbocycles. The van der Waals surface area contributed by atoms with Gasteiger partial charge < -0.3 is 9.47 Å². The Morgan fingerprint density at radius 3 is 2.15 bits per heavy atom. The van der Waals surface area contributed by atoms with Crippen molar-refractivity contribution in [3.8, 4) is 0 Å². The number of fused-ring (bicyclic) bond motifs is 1. The summed E-state index contributed by atoms with van der Waals surface area (Å²) in [5.41, 5.74) is 2.26. The van der Waals surface area contributed by atoms with Crippen molar-refractivity contribution in [3.05, 3.63) is 71.8 Å². The first-order chi connectivity index (χ1) is 9.91. The molecule has 0 aliphatic carbocycles. The Hall–Kier alpha value is -1.58. The molecule has 0 amide bonds. The normalized spacial score (nSPS) is 24.3. The van der Waals surface area contributed by atoms with Crippen LogP contribution >= 0.6 is 0 Å². The monoisotopic (exact) mass is 263 g/mol. The molecule has 2 aromatic rings. The number of benzene rings is 2. The van der Waals surface area contributed by atoms with Crippen LogP contribution in [0.2, 0.25) is 0 Å². The molecular weight excluding hydrogens is 245 g/mol. The second kappa shape index (κ2) is 4.76. The van der Waals surface area contributed by atoms with E-state index < -0.39 is 0 Å². The fourth-order valence-corrected chi connectivity index (χ4v) is 3.81. The quantitative estimate of drug-likeness (QED) is 0.772. The van der Waals surface area contributed by atoms with Gasteiger partial charge in [0.2, 0.25) is 0 Å². The average Bonchev–Trinajstić information content (AvgIpc) is 3.11. The Labute approximate surface area is 120 Å². The molecule has 2 aromatic carbocycles. The molecular formula is C17H18BNO. The number of hydrogen-bond donors (Lipinski definition) is 0. The van der Waals surface area contributed by atoms with Crippen LogP contribution in [-0.4, -0.2) is 25.0 Å². The molecule has 0 N–H and O–H groups in total. The summed E-state index contributed by atoms with van der Waals surface area (Å²) in [7, 11) is 0.744. The van der Waals surface area contributed by atoms with Crippen LogP contribution in [0.1, 0.15) is 24.0 Å². The van der Waals surface area contributed by atoms with E-state index >= 15 is 0 Å². The van der Waals surface area contributed by atoms with Crippen LogP contribution in [0, 0.1) is 0 Å². The van der Waals surface area contributed by atoms with Gasteiger partial charge in [-0.1, -0.05) is 60.7 Å². The summed E-state index contributed by atoms with van der Waals surface area (Å²) in [5.74, 6) is 0. The molecule has 2 aliphatic heterocycles. The maximum atomic E-state index is 6.41. The van der Waals surface area contributed by atoms with Crippen molar-refractivity contribution in [3.63, 3.8) is 0 Å². The molecule has 0 aromatic heterocycles. The van der Waals surface area contributed by atoms with E-state index in [9.17, 15) is 0 Å². The second-order valence-electron chi connectivity index (χ2n) is 5.71. The molecule has 2 saturated heterocycles. The molecule has 3 heteroatoms. The molecule has 0 spiro atoms. The van der Waals surface area contributed by atoms with Crippen LogP contribution in [0.5, 0.6) is 0 Å². The lowest BCUT2D eigenvalue weighted by atomic mass is 9.79. The van der Waals surface area contributed by atoms with Gasteiger partial charge in [-0.05, 0) is 30.5 Å². The van der Waals surface area contributed by atoms with Gasteiger partial charge in [0, 0.05) is 6.04 Å². The lowest BCUT2D eigenvalue weighted by Gasteiger charge is -2.36. The van der Waals surface area contributed by atoms with Crippen LogP contribution < -0.4 is 0 Å². The van der Waals surface area contributed by atoms with Crippen molar-refractivity contribution in [2.45, 2.75) is 24.5 Å². The Bertz CT molecular complexity index is 547. The largest absolute Gasteiger partial charge is 0.409 e. The van der Waals surface area contributed by atoms with E-state index in [0.717, 1.165) is 14.2 Å². The van der Waals surface area contributed by atoms with E-state index in [0.29, 0.717) is 6.04 Å². The van der Waals surface area contributed by atoms with E-state index in [2.05, 4.69) is 65.5 Å². The standard InChI is InChI=1S/C17H18BNO/c1-3-8-14(9-4-1)17(15-10-5-2-6-11-15)16-12-7-13-19(16)18-20-17/h1-6,8-11,16,18H,7,12-13H2/t16-/m0/s1. The third-order valence-electron chi connectivity index (χ3n) is 4.70. The van der Waals surface area contributed by atoms with Gasteiger partial charge in [0.1, 0.15) is 5.60 Å². The predicted octanol–water partition coefficient (Wildman–Crippen LogP) is 2.69. The third-order valence-corrected chi connectivity index (χ3v) is 4.70. The van der Waals surface area contributed by atoms with Crippen LogP contribution in [0.3, 0.4) is 0 Å². The molecule has 4 rings (SSSR count). The van der Waals surface area contributed by atoms with Crippen molar-refractivity contribution < 1.29 is 4.65 Å². The fraction of sp³-hybridized carbons (Fsp3) is 0.294. The zero-order chi connectivity index (χ0) is 13.4. The van der Waals surface area contributed by atoms with Gasteiger partial charge in [-0.15, -0.1) is 0 Å². The number of hydrogen-bond acceptors (Lipinski definition) is 2. The number of rotatable bonds is 2. The first kappa shape index (κ1) is 12.2. The summed E-state index contributed by atoms with van der Waals surface area (Å²) >= 11 is 0. The molecule has 0 bridgehead atoms. The van der Waals surface area contributed by atoms with E-state index in [1.54, 1.807) is 0 Å². The van der Waals surface area contributed by atoms with E-state index in [-0.39, 0.29) is 5.60 Å². The van der Waals surface area contributed by atoms with E-state index in [1.165, 1.54) is 24.0 Å². The predicted molar refractivity (Wildman–Crippen MR) is 81.6 cm³/mol. The zero-order valence-electron chi connectivity index (χ0n) is 11.5. The number of nitrogens with zero attached hydrogens (tertiary/aromatic N) is 1. The highest BCUT2D eigenvalue weighted by atomic mass is 16.5. The minimum absolute atomic E-state index is 0.293. The van der Waals surface area contributed by atoms with Gasteiger partial charge in [-0.25, -0.2) is 0 Å². The van der Waals surface area contributed by atoms with Gasteiger partial charge in [0.05, 0.1) is 0 Å². The Morgan fingerprint density at radius 2 is 1.55 bits per heavy atom. The van der Waals surface area contributed by atoms with Crippen LogP contribution in [0.25, 0.3) is 0 Å². The summed E-state index contributed by atoms with van der Waals surface area (Å²) in [6, 6.07) is 21.9. The first-order valence-corrected chi connectivity index (χ1v) is 7.40. The van der Waals surface area contributed by atoms with Crippen molar-refractivity contribution in [1.29, 1.82) is 0 Å². The van der Waals surface area contributed by atoms with Gasteiger partial charge in [0.25, 0.3) is 0 Å². The highest BCUT2D eigenvalue weighted by Crippen LogP contribution is 2.46. The SMILES string of the molecule is B1OC(c2ccccc2)(c2ccccc2)[C@@H]2CCCN12. The van der Waals surface area contributed by atoms with Crippen molar-refractivity contribution in [2.75, 3.05) is 6.54 Å². The van der Waals surface area contributed by atoms with E-state index in [4.69, 9.17) is 4.65 Å². The highest BCUT2D eigenvalue weighted by Gasteiger charge is 2.52. The summed E-state index contributed by atoms with van der Waals surface area (Å²) in [5, 5.41) is 0. The molecule has 2 nitrogen and oxygen atoms in total. The van der Waals surface area contributed by atoms with Crippen LogP contribution in [0.15, 0.2) is 60.7 Å². The maximum Gasteiger partial charge on any atom is 0.364 e. The topological polar surface area (TPSA) is 12.5 Å². The highest BCUT2D eigenvalue weighted by molar-refractivity contribution is 6.25. The lowest BCUT2D eigenvalue weighted by molar-refractivity contribution is 0.109. The zero-order valence-corrected chi connectivity index (χ0v) is 11.5. The summed E-state index contributed by atoms with van der Waals surface area (Å²) < 4.78 is 6.41. The Balaban J connectivity index is 1.90. The van der Waals surface area contributed by atoms with Crippen LogP contribution in [0.4, 0.5) is 0 Å². The molecule has 1 atom stereocenters. The molecule has 2 fully saturated rings. The molecule has 0 unspecified atom stereocenters. The van der Waals surface area contributed by atoms with Gasteiger partial charge >= 0.3 is 7.62 Å². The maximum absolute atomic E-state index is 6.41. The third kappa shape index (κ3) is 1.67. The minimum Gasteiger partial charge on any atom is -0.409 e. The molecule has 100 valence electrons. The molecule has 2 aliphatic rings. The summed E-state index contributed by atoms with van der Waals surface area (Å²) in [4.78, 5) is 2.49. The lowest BCUT2D eigenvalue weighted by Crippen LogP contribution is -2.40. The Morgan fingerprint density at radius 1 is 0.950 bits per heavy atom.